The number of esters is 1. The first kappa shape index (κ1) is 14.0. The van der Waals surface area contributed by atoms with Crippen molar-refractivity contribution in [3.05, 3.63) is 0 Å². The predicted octanol–water partition coefficient (Wildman–Crippen LogP) is -0.431. The average Bonchev–Trinajstić information content (AvgIpc) is 2.71. The molecule has 1 rings (SSSR count). The predicted molar refractivity (Wildman–Crippen MR) is 64.0 cm³/mol. The summed E-state index contributed by atoms with van der Waals surface area (Å²) >= 11 is 0. The van der Waals surface area contributed by atoms with E-state index in [-0.39, 0.29) is 23.7 Å². The quantitative estimate of drug-likeness (QED) is 0.659. The summed E-state index contributed by atoms with van der Waals surface area (Å²) in [5, 5.41) is 2.68. The normalized spacial score (nSPS) is 18.7. The molecule has 7 heteroatoms. The van der Waals surface area contributed by atoms with Crippen LogP contribution >= 0.6 is 0 Å². The van der Waals surface area contributed by atoms with Crippen molar-refractivity contribution in [2.24, 2.45) is 5.92 Å². The van der Waals surface area contributed by atoms with Crippen molar-refractivity contribution >= 4 is 22.8 Å². The van der Waals surface area contributed by atoms with E-state index in [1.807, 2.05) is 0 Å². The SMILES string of the molecule is COC(=O)C(C)CS(=O)CCN1CCNC1=O. The Morgan fingerprint density at radius 1 is 1.65 bits per heavy atom. The zero-order valence-corrected chi connectivity index (χ0v) is 10.9. The van der Waals surface area contributed by atoms with Gasteiger partial charge >= 0.3 is 12.0 Å². The molecule has 0 spiro atoms. The number of carbonyl (C=O) groups excluding carboxylic acids is 2. The van der Waals surface area contributed by atoms with Crippen molar-refractivity contribution in [3.63, 3.8) is 0 Å². The van der Waals surface area contributed by atoms with Crippen LogP contribution in [-0.2, 0) is 20.3 Å². The Morgan fingerprint density at radius 2 is 2.35 bits per heavy atom. The molecule has 0 bridgehead atoms. The number of hydrogen-bond donors (Lipinski definition) is 1. The van der Waals surface area contributed by atoms with Crippen LogP contribution in [0.25, 0.3) is 0 Å². The van der Waals surface area contributed by atoms with Crippen LogP contribution in [0.15, 0.2) is 0 Å². The Balaban J connectivity index is 2.25. The third-order valence-electron chi connectivity index (χ3n) is 2.57. The third kappa shape index (κ3) is 4.33. The molecule has 1 N–H and O–H groups in total. The highest BCUT2D eigenvalue weighted by molar-refractivity contribution is 7.85. The van der Waals surface area contributed by atoms with Crippen LogP contribution in [0.3, 0.4) is 0 Å². The summed E-state index contributed by atoms with van der Waals surface area (Å²) in [6.07, 6.45) is 0. The topological polar surface area (TPSA) is 75.7 Å². The summed E-state index contributed by atoms with van der Waals surface area (Å²) in [5.41, 5.74) is 0. The Kier molecular flexibility index (Phi) is 5.40. The third-order valence-corrected chi connectivity index (χ3v) is 4.08. The highest BCUT2D eigenvalue weighted by atomic mass is 32.2. The molecule has 0 aromatic carbocycles. The molecule has 0 radical (unpaired) electrons. The van der Waals surface area contributed by atoms with Gasteiger partial charge in [-0.05, 0) is 0 Å². The second-order valence-electron chi connectivity index (χ2n) is 3.95. The van der Waals surface area contributed by atoms with Crippen molar-refractivity contribution in [1.29, 1.82) is 0 Å². The number of urea groups is 1. The second kappa shape index (κ2) is 6.58. The number of ether oxygens (including phenoxy) is 1. The number of nitrogens with one attached hydrogen (secondary N) is 1. The van der Waals surface area contributed by atoms with Crippen LogP contribution in [0.4, 0.5) is 4.79 Å². The maximum Gasteiger partial charge on any atom is 0.317 e. The molecule has 98 valence electrons. The van der Waals surface area contributed by atoms with Gasteiger partial charge in [0.25, 0.3) is 0 Å². The van der Waals surface area contributed by atoms with Crippen molar-refractivity contribution in [2.45, 2.75) is 6.92 Å². The summed E-state index contributed by atoms with van der Waals surface area (Å²) in [5.74, 6) is -0.0397. The lowest BCUT2D eigenvalue weighted by molar-refractivity contribution is -0.144. The molecule has 2 atom stereocenters. The zero-order valence-electron chi connectivity index (χ0n) is 10.1. The lowest BCUT2D eigenvalue weighted by atomic mass is 10.2. The first-order valence-corrected chi connectivity index (χ1v) is 6.99. The molecule has 0 aromatic rings. The van der Waals surface area contributed by atoms with Gasteiger partial charge in [0.1, 0.15) is 0 Å². The number of nitrogens with zero attached hydrogens (tertiary/aromatic N) is 1. The fraction of sp³-hybridized carbons (Fsp3) is 0.800. The van der Waals surface area contributed by atoms with Crippen LogP contribution < -0.4 is 5.32 Å². The standard InChI is InChI=1S/C10H18N2O4S/c1-8(9(13)16-2)7-17(15)6-5-12-4-3-11-10(12)14/h8H,3-7H2,1-2H3,(H,11,14). The molecular weight excluding hydrogens is 244 g/mol. The number of carbonyl (C=O) groups is 2. The average molecular weight is 262 g/mol. The fourth-order valence-electron chi connectivity index (χ4n) is 1.57. The summed E-state index contributed by atoms with van der Waals surface area (Å²) in [6, 6.07) is -0.108. The fourth-order valence-corrected chi connectivity index (χ4v) is 2.85. The first-order chi connectivity index (χ1) is 8.04. The van der Waals surface area contributed by atoms with Gasteiger partial charge in [0.2, 0.25) is 0 Å². The van der Waals surface area contributed by atoms with Crippen LogP contribution in [0.5, 0.6) is 0 Å². The van der Waals surface area contributed by atoms with Gasteiger partial charge in [0.05, 0.1) is 13.0 Å². The van der Waals surface area contributed by atoms with Crippen LogP contribution in [-0.4, -0.2) is 59.4 Å². The maximum atomic E-state index is 11.7. The van der Waals surface area contributed by atoms with Gasteiger partial charge in [-0.25, -0.2) is 4.79 Å². The minimum absolute atomic E-state index is 0.108. The second-order valence-corrected chi connectivity index (χ2v) is 5.58. The molecule has 1 aliphatic rings. The molecule has 0 saturated carbocycles. The molecule has 0 aliphatic carbocycles. The summed E-state index contributed by atoms with van der Waals surface area (Å²) in [7, 11) is 0.210. The summed E-state index contributed by atoms with van der Waals surface area (Å²) < 4.78 is 16.2. The van der Waals surface area contributed by atoms with E-state index >= 15 is 0 Å². The van der Waals surface area contributed by atoms with Gasteiger partial charge < -0.3 is 15.0 Å². The number of rotatable bonds is 6. The minimum atomic E-state index is -1.11. The van der Waals surface area contributed by atoms with Gasteiger partial charge in [0.15, 0.2) is 0 Å². The van der Waals surface area contributed by atoms with Gasteiger partial charge in [-0.15, -0.1) is 0 Å². The summed E-state index contributed by atoms with van der Waals surface area (Å²) in [6.45, 7) is 3.45. The molecule has 1 heterocycles. The van der Waals surface area contributed by atoms with E-state index in [2.05, 4.69) is 10.1 Å². The summed E-state index contributed by atoms with van der Waals surface area (Å²) in [4.78, 5) is 24.0. The largest absolute Gasteiger partial charge is 0.469 e. The molecule has 1 saturated heterocycles. The Morgan fingerprint density at radius 3 is 2.88 bits per heavy atom. The molecule has 2 unspecified atom stereocenters. The zero-order chi connectivity index (χ0) is 12.8. The number of amides is 2. The van der Waals surface area contributed by atoms with Gasteiger partial charge in [-0.1, -0.05) is 6.92 Å². The van der Waals surface area contributed by atoms with Gasteiger partial charge in [-0.2, -0.15) is 0 Å². The molecule has 1 aliphatic heterocycles. The smallest absolute Gasteiger partial charge is 0.317 e. The van der Waals surface area contributed by atoms with E-state index in [1.165, 1.54) is 7.11 Å². The van der Waals surface area contributed by atoms with E-state index in [1.54, 1.807) is 11.8 Å². The van der Waals surface area contributed by atoms with E-state index in [4.69, 9.17) is 0 Å². The van der Waals surface area contributed by atoms with E-state index in [9.17, 15) is 13.8 Å². The highest BCUT2D eigenvalue weighted by Crippen LogP contribution is 2.03. The van der Waals surface area contributed by atoms with Gasteiger partial charge in [0, 0.05) is 41.9 Å². The van der Waals surface area contributed by atoms with Crippen molar-refractivity contribution < 1.29 is 18.5 Å². The monoisotopic (exact) mass is 262 g/mol. The van der Waals surface area contributed by atoms with Crippen molar-refractivity contribution in [2.75, 3.05) is 38.2 Å². The van der Waals surface area contributed by atoms with Crippen LogP contribution in [0, 0.1) is 5.92 Å². The molecule has 2 amide bonds. The van der Waals surface area contributed by atoms with E-state index < -0.39 is 10.8 Å². The first-order valence-electron chi connectivity index (χ1n) is 5.50. The highest BCUT2D eigenvalue weighted by Gasteiger charge is 2.21. The number of hydrogen-bond acceptors (Lipinski definition) is 4. The van der Waals surface area contributed by atoms with Crippen LogP contribution in [0.2, 0.25) is 0 Å². The van der Waals surface area contributed by atoms with Crippen LogP contribution in [0.1, 0.15) is 6.92 Å². The molecule has 17 heavy (non-hydrogen) atoms. The van der Waals surface area contributed by atoms with Gasteiger partial charge in [-0.3, -0.25) is 9.00 Å². The van der Waals surface area contributed by atoms with E-state index in [0.717, 1.165) is 0 Å². The Hall–Kier alpha value is -1.11. The lowest BCUT2D eigenvalue weighted by Crippen LogP contribution is -2.32. The lowest BCUT2D eigenvalue weighted by Gasteiger charge is -2.14. The van der Waals surface area contributed by atoms with Crippen molar-refractivity contribution in [3.8, 4) is 0 Å². The number of methoxy groups -OCH3 is 1. The molecule has 0 aromatic heterocycles. The molecular formula is C10H18N2O4S. The maximum absolute atomic E-state index is 11.7. The van der Waals surface area contributed by atoms with Crippen molar-refractivity contribution in [1.82, 2.24) is 10.2 Å². The molecule has 1 fully saturated rings. The van der Waals surface area contributed by atoms with E-state index in [0.29, 0.717) is 25.4 Å². The Labute approximate surface area is 103 Å². The Bertz CT molecular complexity index is 321. The molecule has 6 nitrogen and oxygen atoms in total. The minimum Gasteiger partial charge on any atom is -0.469 e.